The summed E-state index contributed by atoms with van der Waals surface area (Å²) in [7, 11) is 1.66. The molecule has 2 aromatic rings. The van der Waals surface area contributed by atoms with E-state index in [1.54, 1.807) is 13.2 Å². The van der Waals surface area contributed by atoms with E-state index >= 15 is 0 Å². The van der Waals surface area contributed by atoms with Crippen molar-refractivity contribution in [2.45, 2.75) is 6.54 Å². The zero-order valence-corrected chi connectivity index (χ0v) is 11.5. The molecule has 102 valence electrons. The fourth-order valence-electron chi connectivity index (χ4n) is 1.92. The summed E-state index contributed by atoms with van der Waals surface area (Å²) in [5.74, 6) is 0.850. The van der Waals surface area contributed by atoms with Gasteiger partial charge in [-0.3, -0.25) is 0 Å². The molecular formula is C17H18N2O. The van der Waals surface area contributed by atoms with Crippen molar-refractivity contribution in [3.05, 3.63) is 65.7 Å². The molecule has 0 aromatic heterocycles. The monoisotopic (exact) mass is 266 g/mol. The van der Waals surface area contributed by atoms with Gasteiger partial charge in [-0.25, -0.2) is 0 Å². The normalized spacial score (nSPS) is 9.85. The Balaban J connectivity index is 2.12. The molecule has 0 fully saturated rings. The molecule has 0 amide bonds. The Hall–Kier alpha value is -2.55. The van der Waals surface area contributed by atoms with E-state index < -0.39 is 0 Å². The van der Waals surface area contributed by atoms with Gasteiger partial charge in [0.1, 0.15) is 5.75 Å². The van der Waals surface area contributed by atoms with Crippen LogP contribution < -0.4 is 10.1 Å². The van der Waals surface area contributed by atoms with E-state index in [0.717, 1.165) is 28.1 Å². The van der Waals surface area contributed by atoms with Crippen molar-refractivity contribution in [1.29, 1.82) is 5.41 Å². The number of rotatable bonds is 6. The van der Waals surface area contributed by atoms with Crippen LogP contribution in [0.1, 0.15) is 16.7 Å². The van der Waals surface area contributed by atoms with Gasteiger partial charge in [0.15, 0.2) is 0 Å². The third-order valence-electron chi connectivity index (χ3n) is 3.11. The van der Waals surface area contributed by atoms with E-state index in [9.17, 15) is 0 Å². The van der Waals surface area contributed by atoms with Crippen LogP contribution >= 0.6 is 0 Å². The molecule has 2 N–H and O–H groups in total. The van der Waals surface area contributed by atoms with E-state index in [-0.39, 0.29) is 0 Å². The van der Waals surface area contributed by atoms with Crippen molar-refractivity contribution in [3.8, 4) is 5.75 Å². The van der Waals surface area contributed by atoms with Gasteiger partial charge < -0.3 is 15.5 Å². The van der Waals surface area contributed by atoms with Crippen LogP contribution in [0.5, 0.6) is 5.75 Å². The Kier molecular flexibility index (Phi) is 4.56. The minimum Gasteiger partial charge on any atom is -0.497 e. The Morgan fingerprint density at radius 1 is 1.20 bits per heavy atom. The van der Waals surface area contributed by atoms with Crippen molar-refractivity contribution >= 4 is 18.0 Å². The number of nitrogens with one attached hydrogen (secondary N) is 2. The van der Waals surface area contributed by atoms with Gasteiger partial charge in [-0.05, 0) is 29.3 Å². The molecule has 0 saturated heterocycles. The van der Waals surface area contributed by atoms with Crippen molar-refractivity contribution < 1.29 is 4.74 Å². The molecule has 0 unspecified atom stereocenters. The van der Waals surface area contributed by atoms with Crippen LogP contribution in [0.15, 0.2) is 49.0 Å². The van der Waals surface area contributed by atoms with Crippen molar-refractivity contribution in [1.82, 2.24) is 0 Å². The SMILES string of the molecule is C=Cc1ccc(C=N)c(NCc2ccc(OC)cc2)c1. The van der Waals surface area contributed by atoms with Crippen LogP contribution in [0.25, 0.3) is 6.08 Å². The van der Waals surface area contributed by atoms with Crippen LogP contribution in [-0.4, -0.2) is 13.3 Å². The van der Waals surface area contributed by atoms with Crippen molar-refractivity contribution in [3.63, 3.8) is 0 Å². The first-order chi connectivity index (χ1) is 9.76. The molecule has 20 heavy (non-hydrogen) atoms. The molecule has 0 atom stereocenters. The standard InChI is InChI=1S/C17H18N2O/c1-3-13-4-7-15(11-18)17(10-13)19-12-14-5-8-16(20-2)9-6-14/h3-11,18-19H,1,12H2,2H3. The van der Waals surface area contributed by atoms with Crippen LogP contribution in [-0.2, 0) is 6.54 Å². The summed E-state index contributed by atoms with van der Waals surface area (Å²) in [5, 5.41) is 10.8. The maximum Gasteiger partial charge on any atom is 0.118 e. The third-order valence-corrected chi connectivity index (χ3v) is 3.11. The predicted octanol–water partition coefficient (Wildman–Crippen LogP) is 3.95. The second-order valence-corrected chi connectivity index (χ2v) is 4.40. The molecule has 0 saturated carbocycles. The average molecular weight is 266 g/mol. The summed E-state index contributed by atoms with van der Waals surface area (Å²) < 4.78 is 5.14. The maximum absolute atomic E-state index is 7.44. The quantitative estimate of drug-likeness (QED) is 0.778. The first-order valence-corrected chi connectivity index (χ1v) is 6.40. The smallest absolute Gasteiger partial charge is 0.118 e. The van der Waals surface area contributed by atoms with Crippen LogP contribution in [0.2, 0.25) is 0 Å². The highest BCUT2D eigenvalue weighted by molar-refractivity contribution is 5.86. The van der Waals surface area contributed by atoms with Crippen LogP contribution in [0.3, 0.4) is 0 Å². The number of benzene rings is 2. The summed E-state index contributed by atoms with van der Waals surface area (Å²) in [4.78, 5) is 0. The van der Waals surface area contributed by atoms with Gasteiger partial charge in [-0.1, -0.05) is 36.9 Å². The summed E-state index contributed by atoms with van der Waals surface area (Å²) in [6, 6.07) is 13.8. The number of ether oxygens (including phenoxy) is 1. The van der Waals surface area contributed by atoms with Gasteiger partial charge in [0.25, 0.3) is 0 Å². The molecule has 0 aliphatic rings. The maximum atomic E-state index is 7.44. The minimum atomic E-state index is 0.700. The van der Waals surface area contributed by atoms with Crippen molar-refractivity contribution in [2.75, 3.05) is 12.4 Å². The Bertz CT molecular complexity index is 603. The Morgan fingerprint density at radius 3 is 2.55 bits per heavy atom. The summed E-state index contributed by atoms with van der Waals surface area (Å²) in [6.45, 7) is 4.47. The van der Waals surface area contributed by atoms with E-state index in [1.165, 1.54) is 6.21 Å². The summed E-state index contributed by atoms with van der Waals surface area (Å²) in [6.07, 6.45) is 3.15. The largest absolute Gasteiger partial charge is 0.497 e. The lowest BCUT2D eigenvalue weighted by atomic mass is 10.1. The number of methoxy groups -OCH3 is 1. The molecule has 0 bridgehead atoms. The summed E-state index contributed by atoms with van der Waals surface area (Å²) >= 11 is 0. The number of hydrogen-bond acceptors (Lipinski definition) is 3. The van der Waals surface area contributed by atoms with Gasteiger partial charge in [0.2, 0.25) is 0 Å². The molecule has 0 aliphatic heterocycles. The number of anilines is 1. The second kappa shape index (κ2) is 6.57. The van der Waals surface area contributed by atoms with Gasteiger partial charge in [0, 0.05) is 24.0 Å². The van der Waals surface area contributed by atoms with E-state index in [0.29, 0.717) is 6.54 Å². The summed E-state index contributed by atoms with van der Waals surface area (Å²) in [5.41, 5.74) is 4.00. The molecule has 0 radical (unpaired) electrons. The lowest BCUT2D eigenvalue weighted by Gasteiger charge is -2.11. The Labute approximate surface area is 119 Å². The lowest BCUT2D eigenvalue weighted by molar-refractivity contribution is 0.414. The van der Waals surface area contributed by atoms with E-state index in [2.05, 4.69) is 11.9 Å². The van der Waals surface area contributed by atoms with Gasteiger partial charge in [0.05, 0.1) is 7.11 Å². The first-order valence-electron chi connectivity index (χ1n) is 6.40. The topological polar surface area (TPSA) is 45.1 Å². The molecule has 0 aliphatic carbocycles. The second-order valence-electron chi connectivity index (χ2n) is 4.40. The zero-order chi connectivity index (χ0) is 14.4. The molecule has 0 spiro atoms. The minimum absolute atomic E-state index is 0.700. The third kappa shape index (κ3) is 3.26. The van der Waals surface area contributed by atoms with E-state index in [1.807, 2.05) is 42.5 Å². The molecular weight excluding hydrogens is 248 g/mol. The lowest BCUT2D eigenvalue weighted by Crippen LogP contribution is -2.02. The van der Waals surface area contributed by atoms with Crippen LogP contribution in [0.4, 0.5) is 5.69 Å². The first kappa shape index (κ1) is 13.9. The molecule has 2 aromatic carbocycles. The highest BCUT2D eigenvalue weighted by atomic mass is 16.5. The zero-order valence-electron chi connectivity index (χ0n) is 11.5. The van der Waals surface area contributed by atoms with E-state index in [4.69, 9.17) is 10.1 Å². The van der Waals surface area contributed by atoms with Crippen molar-refractivity contribution in [2.24, 2.45) is 0 Å². The highest BCUT2D eigenvalue weighted by Crippen LogP contribution is 2.19. The Morgan fingerprint density at radius 2 is 1.95 bits per heavy atom. The molecule has 2 rings (SSSR count). The highest BCUT2D eigenvalue weighted by Gasteiger charge is 2.01. The van der Waals surface area contributed by atoms with Gasteiger partial charge >= 0.3 is 0 Å². The fourth-order valence-corrected chi connectivity index (χ4v) is 1.92. The number of hydrogen-bond donors (Lipinski definition) is 2. The van der Waals surface area contributed by atoms with Crippen LogP contribution in [0, 0.1) is 5.41 Å². The molecule has 3 nitrogen and oxygen atoms in total. The molecule has 3 heteroatoms. The fraction of sp³-hybridized carbons (Fsp3) is 0.118. The molecule has 0 heterocycles. The van der Waals surface area contributed by atoms with Gasteiger partial charge in [-0.2, -0.15) is 0 Å². The van der Waals surface area contributed by atoms with Gasteiger partial charge in [-0.15, -0.1) is 0 Å². The predicted molar refractivity (Wildman–Crippen MR) is 84.7 cm³/mol. The average Bonchev–Trinajstić information content (AvgIpc) is 2.53.